The number of aliphatic hydroxyl groups excluding tert-OH is 1. The second-order valence-corrected chi connectivity index (χ2v) is 7.35. The Morgan fingerprint density at radius 3 is 1.46 bits per heavy atom. The average Bonchev–Trinajstić information content (AvgIpc) is 2.56. The van der Waals surface area contributed by atoms with E-state index < -0.39 is 0 Å². The summed E-state index contributed by atoms with van der Waals surface area (Å²) in [4.78, 5) is 2.43. The monoisotopic (exact) mass is 325 g/mol. The molecular weight excluding hydrogens is 294 g/mol. The number of benzene rings is 2. The van der Waals surface area contributed by atoms with Crippen molar-refractivity contribution in [2.45, 2.75) is 52.9 Å². The maximum absolute atomic E-state index is 10.8. The molecule has 0 amide bonds. The van der Waals surface area contributed by atoms with Crippen LogP contribution in [0.4, 0.5) is 0 Å². The quantitative estimate of drug-likeness (QED) is 0.758. The van der Waals surface area contributed by atoms with Crippen molar-refractivity contribution in [2.24, 2.45) is 11.8 Å². The minimum absolute atomic E-state index is 0.130. The van der Waals surface area contributed by atoms with E-state index in [1.54, 1.807) is 0 Å². The van der Waals surface area contributed by atoms with Crippen LogP contribution in [-0.4, -0.2) is 22.2 Å². The largest absolute Gasteiger partial charge is 0.391 e. The van der Waals surface area contributed by atoms with E-state index in [0.29, 0.717) is 5.92 Å². The van der Waals surface area contributed by atoms with Crippen LogP contribution in [-0.2, 0) is 13.1 Å². The third kappa shape index (κ3) is 5.19. The number of nitrogens with zero attached hydrogens (tertiary/aromatic N) is 1. The molecule has 24 heavy (non-hydrogen) atoms. The molecule has 0 unspecified atom stereocenters. The molecule has 0 aromatic heterocycles. The lowest BCUT2D eigenvalue weighted by atomic mass is 9.89. The van der Waals surface area contributed by atoms with Crippen molar-refractivity contribution in [3.05, 3.63) is 71.8 Å². The molecule has 2 rings (SSSR count). The second kappa shape index (κ2) is 9.00. The fraction of sp³-hybridized carbons (Fsp3) is 0.455. The van der Waals surface area contributed by atoms with E-state index in [9.17, 15) is 5.11 Å². The normalized spacial score (nSPS) is 14.3. The Kier molecular flexibility index (Phi) is 7.01. The first-order valence-electron chi connectivity index (χ1n) is 8.99. The van der Waals surface area contributed by atoms with Gasteiger partial charge in [0.1, 0.15) is 0 Å². The molecule has 1 N–H and O–H groups in total. The number of hydrogen-bond donors (Lipinski definition) is 1. The van der Waals surface area contributed by atoms with Gasteiger partial charge in [0.25, 0.3) is 0 Å². The van der Waals surface area contributed by atoms with Crippen LogP contribution >= 0.6 is 0 Å². The molecule has 0 radical (unpaired) electrons. The summed E-state index contributed by atoms with van der Waals surface area (Å²) < 4.78 is 0. The highest BCUT2D eigenvalue weighted by molar-refractivity contribution is 5.17. The van der Waals surface area contributed by atoms with E-state index in [2.05, 4.69) is 81.1 Å². The van der Waals surface area contributed by atoms with E-state index in [1.165, 1.54) is 11.1 Å². The van der Waals surface area contributed by atoms with Gasteiger partial charge in [-0.05, 0) is 23.0 Å². The third-order valence-electron chi connectivity index (χ3n) is 4.59. The van der Waals surface area contributed by atoms with Crippen molar-refractivity contribution in [1.29, 1.82) is 0 Å². The molecule has 2 heteroatoms. The summed E-state index contributed by atoms with van der Waals surface area (Å²) in [6.07, 6.45) is -0.336. The summed E-state index contributed by atoms with van der Waals surface area (Å²) in [5.41, 5.74) is 2.57. The molecule has 0 heterocycles. The molecule has 2 aromatic rings. The zero-order chi connectivity index (χ0) is 17.5. The number of aliphatic hydroxyl groups is 1. The van der Waals surface area contributed by atoms with Crippen LogP contribution in [0.3, 0.4) is 0 Å². The van der Waals surface area contributed by atoms with Gasteiger partial charge in [0.15, 0.2) is 0 Å². The summed E-state index contributed by atoms with van der Waals surface area (Å²) in [5.74, 6) is 0.626. The van der Waals surface area contributed by atoms with E-state index in [1.807, 2.05) is 12.1 Å². The Bertz CT molecular complexity index is 538. The Balaban J connectivity index is 2.28. The van der Waals surface area contributed by atoms with Gasteiger partial charge >= 0.3 is 0 Å². The van der Waals surface area contributed by atoms with Gasteiger partial charge in [-0.2, -0.15) is 0 Å². The van der Waals surface area contributed by atoms with Crippen LogP contribution in [0.25, 0.3) is 0 Å². The van der Waals surface area contributed by atoms with E-state index in [4.69, 9.17) is 0 Å². The molecular formula is C22H31NO. The summed E-state index contributed by atoms with van der Waals surface area (Å²) in [6.45, 7) is 10.3. The molecule has 0 fully saturated rings. The van der Waals surface area contributed by atoms with Crippen LogP contribution in [0.5, 0.6) is 0 Å². The van der Waals surface area contributed by atoms with Gasteiger partial charge in [0, 0.05) is 19.1 Å². The van der Waals surface area contributed by atoms with E-state index in [0.717, 1.165) is 13.1 Å². The van der Waals surface area contributed by atoms with Crippen LogP contribution in [0, 0.1) is 11.8 Å². The van der Waals surface area contributed by atoms with Crippen LogP contribution in [0.1, 0.15) is 38.8 Å². The lowest BCUT2D eigenvalue weighted by Crippen LogP contribution is -2.48. The van der Waals surface area contributed by atoms with Gasteiger partial charge in [0.2, 0.25) is 0 Å². The van der Waals surface area contributed by atoms with Crippen molar-refractivity contribution < 1.29 is 5.11 Å². The predicted octanol–water partition coefficient (Wildman–Crippen LogP) is 4.73. The fourth-order valence-corrected chi connectivity index (χ4v) is 3.33. The molecule has 0 saturated heterocycles. The van der Waals surface area contributed by atoms with Crippen molar-refractivity contribution in [2.75, 3.05) is 0 Å². The zero-order valence-corrected chi connectivity index (χ0v) is 15.4. The predicted molar refractivity (Wildman–Crippen MR) is 102 cm³/mol. The van der Waals surface area contributed by atoms with Gasteiger partial charge in [-0.15, -0.1) is 0 Å². The van der Waals surface area contributed by atoms with Crippen LogP contribution < -0.4 is 0 Å². The van der Waals surface area contributed by atoms with Crippen LogP contribution in [0.15, 0.2) is 60.7 Å². The van der Waals surface area contributed by atoms with E-state index in [-0.39, 0.29) is 18.1 Å². The summed E-state index contributed by atoms with van der Waals surface area (Å²) in [6, 6.07) is 21.2. The van der Waals surface area contributed by atoms with Gasteiger partial charge in [-0.1, -0.05) is 88.4 Å². The van der Waals surface area contributed by atoms with Crippen molar-refractivity contribution in [3.63, 3.8) is 0 Å². The molecule has 0 saturated carbocycles. The van der Waals surface area contributed by atoms with Crippen molar-refractivity contribution >= 4 is 0 Å². The third-order valence-corrected chi connectivity index (χ3v) is 4.59. The SMILES string of the molecule is CC(C)[C@@H](O)[C@H](C(C)C)N(Cc1ccccc1)Cc1ccccc1. The zero-order valence-electron chi connectivity index (χ0n) is 15.4. The standard InChI is InChI=1S/C22H31NO/c1-17(2)21(22(24)18(3)4)23(15-19-11-7-5-8-12-19)16-20-13-9-6-10-14-20/h5-14,17-18,21-22,24H,15-16H2,1-4H3/t21-,22+/m0/s1. The first-order valence-corrected chi connectivity index (χ1v) is 8.99. The molecule has 2 aromatic carbocycles. The average molecular weight is 325 g/mol. The second-order valence-electron chi connectivity index (χ2n) is 7.35. The van der Waals surface area contributed by atoms with Gasteiger partial charge in [-0.3, -0.25) is 4.90 Å². The van der Waals surface area contributed by atoms with Crippen molar-refractivity contribution in [3.8, 4) is 0 Å². The first kappa shape index (κ1) is 18.7. The number of hydrogen-bond acceptors (Lipinski definition) is 2. The summed E-state index contributed by atoms with van der Waals surface area (Å²) in [5, 5.41) is 10.8. The highest BCUT2D eigenvalue weighted by Crippen LogP contribution is 2.24. The summed E-state index contributed by atoms with van der Waals surface area (Å²) in [7, 11) is 0. The fourth-order valence-electron chi connectivity index (χ4n) is 3.33. The van der Waals surface area contributed by atoms with Crippen LogP contribution in [0.2, 0.25) is 0 Å². The lowest BCUT2D eigenvalue weighted by molar-refractivity contribution is -0.0107. The first-order chi connectivity index (χ1) is 11.5. The smallest absolute Gasteiger partial charge is 0.0720 e. The molecule has 0 aliphatic rings. The Hall–Kier alpha value is -1.64. The van der Waals surface area contributed by atoms with Crippen molar-refractivity contribution in [1.82, 2.24) is 4.90 Å². The lowest BCUT2D eigenvalue weighted by Gasteiger charge is -2.39. The summed E-state index contributed by atoms with van der Waals surface area (Å²) >= 11 is 0. The van der Waals surface area contributed by atoms with Gasteiger partial charge in [-0.25, -0.2) is 0 Å². The molecule has 0 aliphatic carbocycles. The molecule has 130 valence electrons. The molecule has 0 bridgehead atoms. The minimum Gasteiger partial charge on any atom is -0.391 e. The Labute approximate surface area is 147 Å². The topological polar surface area (TPSA) is 23.5 Å². The maximum atomic E-state index is 10.8. The van der Waals surface area contributed by atoms with Gasteiger partial charge in [0.05, 0.1) is 6.10 Å². The van der Waals surface area contributed by atoms with Gasteiger partial charge < -0.3 is 5.11 Å². The number of rotatable bonds is 8. The Morgan fingerprint density at radius 1 is 0.708 bits per heavy atom. The maximum Gasteiger partial charge on any atom is 0.0720 e. The molecule has 0 spiro atoms. The highest BCUT2D eigenvalue weighted by Gasteiger charge is 2.31. The van der Waals surface area contributed by atoms with E-state index >= 15 is 0 Å². The molecule has 2 atom stereocenters. The Morgan fingerprint density at radius 2 is 1.12 bits per heavy atom. The highest BCUT2D eigenvalue weighted by atomic mass is 16.3. The molecule has 2 nitrogen and oxygen atoms in total. The molecule has 0 aliphatic heterocycles. The minimum atomic E-state index is -0.336.